The zero-order valence-electron chi connectivity index (χ0n) is 76.5. The number of ether oxygens (including phenoxy) is 11. The monoisotopic (exact) mass is 1850 g/mol. The smallest absolute Gasteiger partial charge is 0.0146 e. The van der Waals surface area contributed by atoms with Gasteiger partial charge in [0, 0.05) is 75.6 Å². The maximum Gasteiger partial charge on any atom is 0.0146 e. The Bertz CT molecular complexity index is 4200. The summed E-state index contributed by atoms with van der Waals surface area (Å²) in [7, 11) is 11.6. The fourth-order valence-electron chi connectivity index (χ4n) is 16.9. The van der Waals surface area contributed by atoms with Crippen LogP contribution in [0.4, 0.5) is 26.7 Å². The van der Waals surface area contributed by atoms with Crippen molar-refractivity contribution in [1.82, 2.24) is 20.4 Å². The van der Waals surface area contributed by atoms with Crippen LogP contribution in [0.15, 0.2) is 128 Å². The van der Waals surface area contributed by atoms with E-state index in [1.54, 1.807) is 52.6 Å². The molecule has 9 aliphatic heterocycles. The molecule has 1 unspecified atom stereocenters. The third kappa shape index (κ3) is 30.8. The molecule has 9 heterocycles. The van der Waals surface area contributed by atoms with Gasteiger partial charge in [0.1, 0.15) is 47.8 Å². The summed E-state index contributed by atoms with van der Waals surface area (Å²) in [6, 6.07) is 13.3. The summed E-state index contributed by atoms with van der Waals surface area (Å²) in [6.45, 7) is 58.0. The summed E-state index contributed by atoms with van der Waals surface area (Å²) >= 11 is -2.05. The molecule has 0 aromatic heterocycles. The van der Waals surface area contributed by atoms with Gasteiger partial charge in [0.15, 0.2) is 0 Å². The van der Waals surface area contributed by atoms with Crippen LogP contribution in [0.5, 0.6) is 5.75 Å². The minimum absolute atomic E-state index is 0.00360. The summed E-state index contributed by atoms with van der Waals surface area (Å²) in [5.74, 6) is 0.694. The Morgan fingerprint density at radius 1 is 0.637 bits per heavy atom. The fraction of sp³-hybridized carbons (Fsp3) is 0.600. The van der Waals surface area contributed by atoms with Crippen LogP contribution >= 0.6 is 19.4 Å². The Morgan fingerprint density at radius 2 is 1.05 bits per heavy atom. The number of aryl methyl sites for hydroxylation is 6. The van der Waals surface area contributed by atoms with Gasteiger partial charge >= 0.3 is 125 Å². The molecule has 16 atom stereocenters. The van der Waals surface area contributed by atoms with E-state index >= 15 is 0 Å². The number of nitro benzene ring substituents is 1. The number of rotatable bonds is 22. The SMILES string of the molecule is C=C/C(C)=C/C[C@@H]1O[C@H](C)[C@H](NC(=O)/C=C\[C@H](C)OC(=O)N2CCOCC2)C[C@@H]1C.C=C[C@H]1OC(C)(C)C[C@@]2(CO2)C1O.CC(/C=C/[C@H]1OC(C)(C)C[C@@]2(CO2)[C@@H]1O)=C\C[C@@H]1O[C@H](C)[C@H](NC(=O)/C=C\[C@H](C)OC(=O)N2CCOCC2)C[C@@H]1C.CC(C)Oc1ccc([N+](=O)[O-])cc1[CH]=[Ru]([Cl])[Cl].Cc1cc(C)c(N2[CH-]N(c3c(C)cc(C)cc3C)CC2)c(C)c1. The Kier molecular flexibility index (Phi) is 38.5. The second-order valence-corrected chi connectivity index (χ2v) is 41.5. The minimum Gasteiger partial charge on any atom is -0.502 e. The molecular weight excluding hydrogens is 1720 g/mol. The predicted molar refractivity (Wildman–Crippen MR) is 484 cm³/mol. The van der Waals surface area contributed by atoms with Crippen LogP contribution in [0.1, 0.15) is 174 Å². The number of benzene rings is 3. The number of allylic oxidation sites excluding steroid dienone is 4. The minimum atomic E-state index is -2.05. The molecule has 9 fully saturated rings. The normalized spacial score (nSPS) is 28.3. The van der Waals surface area contributed by atoms with Crippen molar-refractivity contribution in [2.24, 2.45) is 11.8 Å². The first kappa shape index (κ1) is 102. The van der Waals surface area contributed by atoms with E-state index in [9.17, 15) is 39.5 Å². The number of nitrogens with one attached hydrogen (secondary N) is 2. The van der Waals surface area contributed by atoms with Crippen molar-refractivity contribution in [1.29, 1.82) is 0 Å². The van der Waals surface area contributed by atoms with Crippen molar-refractivity contribution in [2.45, 2.75) is 279 Å². The Hall–Kier alpha value is -7.21. The number of aliphatic hydroxyl groups excluding tert-OH is 2. The molecular formula is C95H138Cl2N7O19Ru-. The number of anilines is 2. The molecule has 9 aliphatic rings. The van der Waals surface area contributed by atoms with Crippen molar-refractivity contribution in [3.05, 3.63) is 183 Å². The molecule has 3 aromatic carbocycles. The van der Waals surface area contributed by atoms with Crippen molar-refractivity contribution in [3.8, 4) is 5.75 Å². The number of nitrogens with zero attached hydrogens (tertiary/aromatic N) is 5. The van der Waals surface area contributed by atoms with Gasteiger partial charge in [-0.25, -0.2) is 9.59 Å². The average Bonchev–Trinajstić information content (AvgIpc) is 1.59. The Labute approximate surface area is 749 Å². The topological polar surface area (TPSA) is 297 Å². The molecule has 4 N–H and O–H groups in total. The summed E-state index contributed by atoms with van der Waals surface area (Å²) in [5, 5.41) is 37.3. The number of epoxide rings is 2. The number of nitro groups is 1. The van der Waals surface area contributed by atoms with Crippen molar-refractivity contribution in [2.75, 3.05) is 88.7 Å². The van der Waals surface area contributed by atoms with E-state index in [0.717, 1.165) is 56.3 Å². The van der Waals surface area contributed by atoms with Gasteiger partial charge in [-0.2, -0.15) is 6.67 Å². The molecule has 0 aliphatic carbocycles. The third-order valence-electron chi connectivity index (χ3n) is 23.2. The summed E-state index contributed by atoms with van der Waals surface area (Å²) < 4.78 is 63.6. The van der Waals surface area contributed by atoms with Crippen LogP contribution < -0.4 is 25.2 Å². The summed E-state index contributed by atoms with van der Waals surface area (Å²) in [4.78, 5) is 67.5. The molecule has 2 spiro atoms. The van der Waals surface area contributed by atoms with E-state index in [-0.39, 0.29) is 95.0 Å². The standard InChI is InChI=1S/C31H48N2O8.C23H36N2O5.C21H27N2.C10H11NO3.C10H16O3.2ClH.Ru/c1-20(8-11-26-28(35)31(19-38-31)18-30(5,6)41-26)7-10-25-21(2)17-24(23(4)40-25)32-27(34)12-9-22(3)39-29(36)33-13-15-37-16-14-33;1-6-16(2)7-9-21-17(3)15-20(19(5)30-21)24-22(26)10-8-18(4)29-23(27)25-11-13-28-14-12-25;1-14-9-16(3)20(17(4)10-14)22-7-8-23(13-22)21-18(5)11-15(2)12-19(21)6;1-7(2)14-10-5-4-9(11(12)13)6-8(10)3;1-4-7-8(11)10(6-12-10)5-9(2,3)13-7;;;/h7-9,11-12,21-26,28,35H,10,13-19H2,1-6H3,(H,32,34);6-8,10,17-21H,1,9,11-15H2,2-5H3,(H,24,26);9-13H,7-8H2,1-6H3;3-7H,1-2H3;4,7-8,11H,1,5-6H2,2-3H3;2*1H;/q;;-1;;;;;+2/p-2/b11-8+,12-9-,20-7+;10-8-,16-7+;;;;;;/t21-,22-,23+,24+,25-,26+,28+,31+;17-,18-,19+,20+,21-;;;7-,8?,10-;;;/m00..1.../s1. The number of non-ortho nitro benzene ring substituents is 1. The van der Waals surface area contributed by atoms with E-state index in [1.165, 1.54) is 69.0 Å². The summed E-state index contributed by atoms with van der Waals surface area (Å²) in [5.41, 5.74) is 12.2. The van der Waals surface area contributed by atoms with Gasteiger partial charge in [0.2, 0.25) is 11.8 Å². The fourth-order valence-corrected chi connectivity index (χ4v) is 18.7. The van der Waals surface area contributed by atoms with E-state index < -0.39 is 60.7 Å². The van der Waals surface area contributed by atoms with Crippen LogP contribution in [0.2, 0.25) is 0 Å². The van der Waals surface area contributed by atoms with E-state index in [0.29, 0.717) is 89.5 Å². The number of aliphatic hydroxyl groups is 2. The molecule has 0 radical (unpaired) electrons. The van der Waals surface area contributed by atoms with Crippen molar-refractivity contribution < 1.29 is 99.9 Å². The van der Waals surface area contributed by atoms with Crippen LogP contribution in [-0.2, 0) is 70.5 Å². The largest absolute Gasteiger partial charge is 0.502 e. The Morgan fingerprint density at radius 3 is 1.44 bits per heavy atom. The number of halogens is 2. The number of hydrogen-bond acceptors (Lipinski definition) is 21. The molecule has 9 saturated heterocycles. The van der Waals surface area contributed by atoms with Gasteiger partial charge in [-0.05, 0) is 183 Å². The number of carbonyl (C=O) groups is 4. The van der Waals surface area contributed by atoms with E-state index in [1.807, 2.05) is 87.5 Å². The van der Waals surface area contributed by atoms with Gasteiger partial charge < -0.3 is 87.8 Å². The molecule has 0 bridgehead atoms. The van der Waals surface area contributed by atoms with Gasteiger partial charge in [-0.15, -0.1) is 6.58 Å². The first-order valence-corrected chi connectivity index (χ1v) is 48.8. The summed E-state index contributed by atoms with van der Waals surface area (Å²) in [6.07, 6.45) is 18.6. The second kappa shape index (κ2) is 46.7. The Balaban J connectivity index is 0.000000203. The second-order valence-electron chi connectivity index (χ2n) is 35.8. The van der Waals surface area contributed by atoms with Gasteiger partial charge in [-0.1, -0.05) is 103 Å². The van der Waals surface area contributed by atoms with E-state index in [2.05, 4.69) is 132 Å². The quantitative estimate of drug-likeness (QED) is 0.0106. The molecule has 29 heteroatoms. The van der Waals surface area contributed by atoms with Gasteiger partial charge in [0.25, 0.3) is 0 Å². The van der Waals surface area contributed by atoms with E-state index in [4.69, 9.17) is 71.5 Å². The van der Waals surface area contributed by atoms with Crippen molar-refractivity contribution in [3.63, 3.8) is 0 Å². The maximum atomic E-state index is 12.6. The molecule has 3 aromatic rings. The molecule has 12 rings (SSSR count). The molecule has 0 saturated carbocycles. The molecule has 690 valence electrons. The zero-order chi connectivity index (χ0) is 91.3. The number of morpholine rings is 2. The predicted octanol–water partition coefficient (Wildman–Crippen LogP) is 15.8. The first-order valence-electron chi connectivity index (χ1n) is 43.4. The third-order valence-corrected chi connectivity index (χ3v) is 25.1. The number of carbonyl (C=O) groups excluding carboxylic acids is 4. The number of amides is 4. The van der Waals surface area contributed by atoms with Crippen LogP contribution in [0.3, 0.4) is 0 Å². The van der Waals surface area contributed by atoms with Gasteiger partial charge in [-0.3, -0.25) is 9.59 Å². The molecule has 26 nitrogen and oxygen atoms in total. The average molecular weight is 1850 g/mol. The zero-order valence-corrected chi connectivity index (χ0v) is 79.7. The van der Waals surface area contributed by atoms with Gasteiger partial charge in [0.05, 0.1) is 87.3 Å². The van der Waals surface area contributed by atoms with Crippen molar-refractivity contribution >= 4 is 65.1 Å². The molecule has 4 amide bonds. The number of hydrogen-bond donors (Lipinski definition) is 4. The van der Waals surface area contributed by atoms with Crippen LogP contribution in [-0.4, -0.2) is 234 Å². The van der Waals surface area contributed by atoms with Crippen LogP contribution in [0.25, 0.3) is 0 Å². The molecule has 124 heavy (non-hydrogen) atoms. The maximum absolute atomic E-state index is 12.6. The first-order chi connectivity index (χ1) is 58.4. The van der Waals surface area contributed by atoms with Crippen LogP contribution in [0, 0.1) is 70.2 Å².